The molecule has 0 amide bonds. The monoisotopic (exact) mass is 313 g/mol. The van der Waals surface area contributed by atoms with Gasteiger partial charge in [0.25, 0.3) is 0 Å². The van der Waals surface area contributed by atoms with E-state index in [4.69, 9.17) is 9.47 Å². The Morgan fingerprint density at radius 2 is 1.70 bits per heavy atom. The Morgan fingerprint density at radius 1 is 0.957 bits per heavy atom. The van der Waals surface area contributed by atoms with Crippen LogP contribution in [0.2, 0.25) is 0 Å². The highest BCUT2D eigenvalue weighted by Gasteiger charge is 2.07. The quantitative estimate of drug-likeness (QED) is 0.764. The number of benzene rings is 2. The summed E-state index contributed by atoms with van der Waals surface area (Å²) in [5, 5.41) is 3.55. The molecule has 0 radical (unpaired) electrons. The van der Waals surface area contributed by atoms with Gasteiger partial charge in [0.1, 0.15) is 11.5 Å². The molecule has 0 bridgehead atoms. The minimum absolute atomic E-state index is 0.192. The Morgan fingerprint density at radius 3 is 2.35 bits per heavy atom. The second-order valence-electron chi connectivity index (χ2n) is 5.92. The molecule has 2 aromatic carbocycles. The fourth-order valence-electron chi connectivity index (χ4n) is 2.39. The first-order valence-corrected chi connectivity index (χ1v) is 8.30. The zero-order chi connectivity index (χ0) is 16.7. The van der Waals surface area contributed by atoms with Gasteiger partial charge in [0, 0.05) is 12.6 Å². The molecule has 0 heterocycles. The highest BCUT2D eigenvalue weighted by molar-refractivity contribution is 5.31. The Kier molecular flexibility index (Phi) is 6.48. The Hall–Kier alpha value is -2.00. The van der Waals surface area contributed by atoms with Gasteiger partial charge in [0.15, 0.2) is 0 Å². The predicted octanol–water partition coefficient (Wildman–Crippen LogP) is 4.72. The van der Waals surface area contributed by atoms with Crippen molar-refractivity contribution < 1.29 is 9.47 Å². The van der Waals surface area contributed by atoms with Gasteiger partial charge in [-0.05, 0) is 63.1 Å². The van der Waals surface area contributed by atoms with Crippen LogP contribution in [-0.4, -0.2) is 12.7 Å². The van der Waals surface area contributed by atoms with E-state index in [1.807, 2.05) is 45.0 Å². The van der Waals surface area contributed by atoms with E-state index in [2.05, 4.69) is 36.5 Å². The minimum Gasteiger partial charge on any atom is -0.494 e. The second-order valence-corrected chi connectivity index (χ2v) is 5.92. The molecule has 0 aliphatic rings. The number of rotatable bonds is 8. The topological polar surface area (TPSA) is 30.5 Å². The van der Waals surface area contributed by atoms with Gasteiger partial charge in [-0.25, -0.2) is 0 Å². The number of hydrogen-bond donors (Lipinski definition) is 1. The third-order valence-electron chi connectivity index (χ3n) is 3.58. The molecule has 0 saturated carbocycles. The molecule has 0 spiro atoms. The highest BCUT2D eigenvalue weighted by atomic mass is 16.5. The lowest BCUT2D eigenvalue weighted by atomic mass is 10.1. The SMILES string of the molecule is CCOc1ccc(CNC(C)c2cccc(OC(C)C)c2)cc1. The molecule has 0 aliphatic carbocycles. The molecule has 0 fully saturated rings. The van der Waals surface area contributed by atoms with Crippen molar-refractivity contribution in [2.45, 2.75) is 46.4 Å². The normalized spacial score (nSPS) is 12.2. The molecule has 0 aliphatic heterocycles. The Labute approximate surface area is 139 Å². The third kappa shape index (κ3) is 5.61. The predicted molar refractivity (Wildman–Crippen MR) is 95.1 cm³/mol. The number of hydrogen-bond acceptors (Lipinski definition) is 3. The molecule has 1 unspecified atom stereocenters. The lowest BCUT2D eigenvalue weighted by molar-refractivity contribution is 0.242. The van der Waals surface area contributed by atoms with Crippen molar-refractivity contribution in [2.75, 3.05) is 6.61 Å². The zero-order valence-electron chi connectivity index (χ0n) is 14.5. The molecule has 0 aromatic heterocycles. The van der Waals surface area contributed by atoms with Crippen molar-refractivity contribution in [3.8, 4) is 11.5 Å². The maximum atomic E-state index is 5.76. The molecule has 3 heteroatoms. The second kappa shape index (κ2) is 8.59. The summed E-state index contributed by atoms with van der Waals surface area (Å²) in [6.07, 6.45) is 0.192. The molecule has 3 nitrogen and oxygen atoms in total. The molecule has 2 rings (SSSR count). The van der Waals surface area contributed by atoms with E-state index in [0.717, 1.165) is 18.0 Å². The third-order valence-corrected chi connectivity index (χ3v) is 3.58. The van der Waals surface area contributed by atoms with Crippen molar-refractivity contribution in [1.82, 2.24) is 5.32 Å². The zero-order valence-corrected chi connectivity index (χ0v) is 14.5. The van der Waals surface area contributed by atoms with Gasteiger partial charge < -0.3 is 14.8 Å². The average Bonchev–Trinajstić information content (AvgIpc) is 2.54. The highest BCUT2D eigenvalue weighted by Crippen LogP contribution is 2.20. The Bertz CT molecular complexity index is 593. The molecule has 1 atom stereocenters. The van der Waals surface area contributed by atoms with Crippen molar-refractivity contribution in [3.05, 3.63) is 59.7 Å². The number of nitrogens with one attached hydrogen (secondary N) is 1. The largest absolute Gasteiger partial charge is 0.494 e. The fourth-order valence-corrected chi connectivity index (χ4v) is 2.39. The van der Waals surface area contributed by atoms with Gasteiger partial charge in [0.05, 0.1) is 12.7 Å². The maximum Gasteiger partial charge on any atom is 0.120 e. The fraction of sp³-hybridized carbons (Fsp3) is 0.400. The molecule has 1 N–H and O–H groups in total. The average molecular weight is 313 g/mol. The van der Waals surface area contributed by atoms with Gasteiger partial charge in [-0.1, -0.05) is 24.3 Å². The summed E-state index contributed by atoms with van der Waals surface area (Å²) in [5.41, 5.74) is 2.48. The van der Waals surface area contributed by atoms with Crippen molar-refractivity contribution >= 4 is 0 Å². The molecule has 0 saturated heterocycles. The summed E-state index contributed by atoms with van der Waals surface area (Å²) < 4.78 is 11.2. The maximum absolute atomic E-state index is 5.76. The summed E-state index contributed by atoms with van der Waals surface area (Å²) in [6.45, 7) is 9.77. The van der Waals surface area contributed by atoms with E-state index in [1.54, 1.807) is 0 Å². The first kappa shape index (κ1) is 17.4. The van der Waals surface area contributed by atoms with E-state index in [1.165, 1.54) is 11.1 Å². The van der Waals surface area contributed by atoms with E-state index in [0.29, 0.717) is 6.61 Å². The molecule has 124 valence electrons. The molecule has 2 aromatic rings. The van der Waals surface area contributed by atoms with Gasteiger partial charge >= 0.3 is 0 Å². The van der Waals surface area contributed by atoms with Gasteiger partial charge in [0.2, 0.25) is 0 Å². The van der Waals surface area contributed by atoms with Crippen molar-refractivity contribution in [2.24, 2.45) is 0 Å². The summed E-state index contributed by atoms with van der Waals surface area (Å²) in [5.74, 6) is 1.84. The van der Waals surface area contributed by atoms with Crippen LogP contribution in [0, 0.1) is 0 Å². The van der Waals surface area contributed by atoms with Crippen LogP contribution in [0.1, 0.15) is 44.9 Å². The minimum atomic E-state index is 0.192. The Balaban J connectivity index is 1.92. The van der Waals surface area contributed by atoms with E-state index < -0.39 is 0 Å². The van der Waals surface area contributed by atoms with Gasteiger partial charge in [-0.2, -0.15) is 0 Å². The van der Waals surface area contributed by atoms with E-state index >= 15 is 0 Å². The first-order valence-electron chi connectivity index (χ1n) is 8.30. The van der Waals surface area contributed by atoms with Crippen LogP contribution in [0.25, 0.3) is 0 Å². The van der Waals surface area contributed by atoms with Crippen LogP contribution in [0.3, 0.4) is 0 Å². The van der Waals surface area contributed by atoms with Crippen molar-refractivity contribution in [3.63, 3.8) is 0 Å². The summed E-state index contributed by atoms with van der Waals surface area (Å²) in [4.78, 5) is 0. The molecule has 23 heavy (non-hydrogen) atoms. The standard InChI is InChI=1S/C20H27NO2/c1-5-22-19-11-9-17(10-12-19)14-21-16(4)18-7-6-8-20(13-18)23-15(2)3/h6-13,15-16,21H,5,14H2,1-4H3. The summed E-state index contributed by atoms with van der Waals surface area (Å²) in [6, 6.07) is 16.8. The molecular formula is C20H27NO2. The van der Waals surface area contributed by atoms with E-state index in [-0.39, 0.29) is 12.1 Å². The summed E-state index contributed by atoms with van der Waals surface area (Å²) >= 11 is 0. The molecular weight excluding hydrogens is 286 g/mol. The van der Waals surface area contributed by atoms with Crippen LogP contribution < -0.4 is 14.8 Å². The van der Waals surface area contributed by atoms with Crippen LogP contribution in [-0.2, 0) is 6.54 Å². The van der Waals surface area contributed by atoms with Crippen LogP contribution in [0.15, 0.2) is 48.5 Å². The first-order chi connectivity index (χ1) is 11.1. The van der Waals surface area contributed by atoms with E-state index in [9.17, 15) is 0 Å². The van der Waals surface area contributed by atoms with Crippen LogP contribution >= 0.6 is 0 Å². The van der Waals surface area contributed by atoms with Gasteiger partial charge in [-0.15, -0.1) is 0 Å². The van der Waals surface area contributed by atoms with Crippen molar-refractivity contribution in [1.29, 1.82) is 0 Å². The lowest BCUT2D eigenvalue weighted by Crippen LogP contribution is -2.18. The number of ether oxygens (including phenoxy) is 2. The lowest BCUT2D eigenvalue weighted by Gasteiger charge is -2.17. The van der Waals surface area contributed by atoms with Crippen LogP contribution in [0.4, 0.5) is 0 Å². The van der Waals surface area contributed by atoms with Crippen LogP contribution in [0.5, 0.6) is 11.5 Å². The summed E-state index contributed by atoms with van der Waals surface area (Å²) in [7, 11) is 0. The smallest absolute Gasteiger partial charge is 0.120 e. The van der Waals surface area contributed by atoms with Gasteiger partial charge in [-0.3, -0.25) is 0 Å².